The van der Waals surface area contributed by atoms with Crippen molar-refractivity contribution in [3.8, 4) is 0 Å². The van der Waals surface area contributed by atoms with Crippen LogP contribution in [0, 0.1) is 5.92 Å². The molecule has 1 saturated heterocycles. The van der Waals surface area contributed by atoms with Crippen LogP contribution in [0.15, 0.2) is 0 Å². The first kappa shape index (κ1) is 7.54. The molecule has 0 saturated carbocycles. The average Bonchev–Trinajstić information content (AvgIpc) is 2.14. The molecule has 0 aliphatic carbocycles. The minimum atomic E-state index is 0.278. The fraction of sp³-hybridized carbons (Fsp3) is 0.857. The Labute approximate surface area is 61.4 Å². The Morgan fingerprint density at radius 2 is 2.50 bits per heavy atom. The predicted octanol–water partition coefficient (Wildman–Crippen LogP) is -0.316. The minimum absolute atomic E-state index is 0.278. The molecule has 0 spiro atoms. The molecule has 1 heterocycles. The van der Waals surface area contributed by atoms with E-state index in [2.05, 4.69) is 5.32 Å². The van der Waals surface area contributed by atoms with Gasteiger partial charge >= 0.3 is 0 Å². The number of nitrogens with one attached hydrogen (secondary N) is 1. The topological polar surface area (TPSA) is 32.3 Å². The van der Waals surface area contributed by atoms with Gasteiger partial charge in [-0.2, -0.15) is 0 Å². The van der Waals surface area contributed by atoms with Crippen molar-refractivity contribution in [3.05, 3.63) is 0 Å². The molecule has 1 aliphatic heterocycles. The van der Waals surface area contributed by atoms with E-state index in [0.717, 1.165) is 19.5 Å². The zero-order chi connectivity index (χ0) is 7.56. The molecule has 1 N–H and O–H groups in total. The second-order valence-corrected chi connectivity index (χ2v) is 2.90. The van der Waals surface area contributed by atoms with Crippen molar-refractivity contribution in [2.45, 2.75) is 6.42 Å². The Kier molecular flexibility index (Phi) is 2.27. The summed E-state index contributed by atoms with van der Waals surface area (Å²) in [6, 6.07) is 0. The second-order valence-electron chi connectivity index (χ2n) is 2.90. The van der Waals surface area contributed by atoms with Gasteiger partial charge in [-0.3, -0.25) is 4.79 Å². The van der Waals surface area contributed by atoms with Crippen LogP contribution in [0.2, 0.25) is 0 Å². The fourth-order valence-corrected chi connectivity index (χ4v) is 1.38. The highest BCUT2D eigenvalue weighted by molar-refractivity contribution is 5.78. The molecular formula is C7H14N2O. The SMILES string of the molecule is CNC[C@H]1CC(=O)N(C)C1. The van der Waals surface area contributed by atoms with Crippen LogP contribution in [-0.2, 0) is 4.79 Å². The van der Waals surface area contributed by atoms with Crippen LogP contribution >= 0.6 is 0 Å². The lowest BCUT2D eigenvalue weighted by Gasteiger charge is -2.08. The first-order chi connectivity index (χ1) is 4.74. The molecule has 0 aromatic rings. The van der Waals surface area contributed by atoms with Crippen LogP contribution in [-0.4, -0.2) is 38.0 Å². The summed E-state index contributed by atoms with van der Waals surface area (Å²) < 4.78 is 0. The molecule has 3 heteroatoms. The van der Waals surface area contributed by atoms with Crippen molar-refractivity contribution in [1.82, 2.24) is 10.2 Å². The van der Waals surface area contributed by atoms with E-state index in [1.807, 2.05) is 14.1 Å². The first-order valence-electron chi connectivity index (χ1n) is 3.62. The molecule has 0 aromatic carbocycles. The van der Waals surface area contributed by atoms with Crippen LogP contribution in [0.1, 0.15) is 6.42 Å². The molecule has 10 heavy (non-hydrogen) atoms. The predicted molar refractivity (Wildman–Crippen MR) is 39.7 cm³/mol. The summed E-state index contributed by atoms with van der Waals surface area (Å²) in [6.45, 7) is 1.87. The Balaban J connectivity index is 2.34. The van der Waals surface area contributed by atoms with E-state index in [1.165, 1.54) is 0 Å². The van der Waals surface area contributed by atoms with Crippen molar-refractivity contribution in [3.63, 3.8) is 0 Å². The van der Waals surface area contributed by atoms with Crippen LogP contribution < -0.4 is 5.32 Å². The minimum Gasteiger partial charge on any atom is -0.345 e. The third-order valence-electron chi connectivity index (χ3n) is 1.91. The van der Waals surface area contributed by atoms with Crippen molar-refractivity contribution in [2.24, 2.45) is 5.92 Å². The van der Waals surface area contributed by atoms with Crippen LogP contribution in [0.25, 0.3) is 0 Å². The molecule has 0 aromatic heterocycles. The number of hydrogen-bond acceptors (Lipinski definition) is 2. The van der Waals surface area contributed by atoms with Crippen molar-refractivity contribution in [1.29, 1.82) is 0 Å². The first-order valence-corrected chi connectivity index (χ1v) is 3.62. The highest BCUT2D eigenvalue weighted by atomic mass is 16.2. The lowest BCUT2D eigenvalue weighted by atomic mass is 10.1. The number of amides is 1. The molecule has 58 valence electrons. The normalized spacial score (nSPS) is 26.0. The number of nitrogens with zero attached hydrogens (tertiary/aromatic N) is 1. The van der Waals surface area contributed by atoms with E-state index >= 15 is 0 Å². The average molecular weight is 142 g/mol. The van der Waals surface area contributed by atoms with Gasteiger partial charge in [0.15, 0.2) is 0 Å². The molecule has 1 amide bonds. The molecule has 0 radical (unpaired) electrons. The second kappa shape index (κ2) is 3.01. The molecule has 1 atom stereocenters. The molecule has 3 nitrogen and oxygen atoms in total. The smallest absolute Gasteiger partial charge is 0.222 e. The van der Waals surface area contributed by atoms with Gasteiger partial charge in [-0.25, -0.2) is 0 Å². The van der Waals surface area contributed by atoms with Crippen molar-refractivity contribution < 1.29 is 4.79 Å². The summed E-state index contributed by atoms with van der Waals surface area (Å²) in [7, 11) is 3.78. The zero-order valence-electron chi connectivity index (χ0n) is 6.55. The molecule has 1 rings (SSSR count). The number of likely N-dealkylation sites (tertiary alicyclic amines) is 1. The van der Waals surface area contributed by atoms with E-state index in [-0.39, 0.29) is 5.91 Å². The van der Waals surface area contributed by atoms with Crippen LogP contribution in [0.5, 0.6) is 0 Å². The molecular weight excluding hydrogens is 128 g/mol. The summed E-state index contributed by atoms with van der Waals surface area (Å²) in [4.78, 5) is 12.8. The molecule has 1 aliphatic rings. The summed E-state index contributed by atoms with van der Waals surface area (Å²) in [5, 5.41) is 3.07. The third-order valence-corrected chi connectivity index (χ3v) is 1.91. The monoisotopic (exact) mass is 142 g/mol. The maximum absolute atomic E-state index is 11.0. The van der Waals surface area contributed by atoms with Gasteiger partial charge in [0.05, 0.1) is 0 Å². The third kappa shape index (κ3) is 1.48. The van der Waals surface area contributed by atoms with Crippen molar-refractivity contribution in [2.75, 3.05) is 27.2 Å². The fourth-order valence-electron chi connectivity index (χ4n) is 1.38. The van der Waals surface area contributed by atoms with Gasteiger partial charge in [-0.1, -0.05) is 0 Å². The molecule has 0 bridgehead atoms. The Bertz CT molecular complexity index is 136. The lowest BCUT2D eigenvalue weighted by molar-refractivity contribution is -0.126. The highest BCUT2D eigenvalue weighted by Gasteiger charge is 2.25. The lowest BCUT2D eigenvalue weighted by Crippen LogP contribution is -2.22. The highest BCUT2D eigenvalue weighted by Crippen LogP contribution is 2.14. The van der Waals surface area contributed by atoms with Gasteiger partial charge in [0, 0.05) is 20.0 Å². The number of carbonyl (C=O) groups is 1. The summed E-state index contributed by atoms with van der Waals surface area (Å²) in [5.41, 5.74) is 0. The number of rotatable bonds is 2. The van der Waals surface area contributed by atoms with E-state index < -0.39 is 0 Å². The number of carbonyl (C=O) groups excluding carboxylic acids is 1. The quantitative estimate of drug-likeness (QED) is 0.573. The zero-order valence-corrected chi connectivity index (χ0v) is 6.55. The van der Waals surface area contributed by atoms with E-state index in [4.69, 9.17) is 0 Å². The Morgan fingerprint density at radius 3 is 2.90 bits per heavy atom. The van der Waals surface area contributed by atoms with Crippen LogP contribution in [0.3, 0.4) is 0 Å². The number of hydrogen-bond donors (Lipinski definition) is 1. The van der Waals surface area contributed by atoms with Gasteiger partial charge in [-0.05, 0) is 19.5 Å². The maximum Gasteiger partial charge on any atom is 0.222 e. The summed E-state index contributed by atoms with van der Waals surface area (Å²) in [6.07, 6.45) is 0.720. The maximum atomic E-state index is 11.0. The molecule has 1 fully saturated rings. The van der Waals surface area contributed by atoms with Crippen molar-refractivity contribution >= 4 is 5.91 Å². The van der Waals surface area contributed by atoms with E-state index in [1.54, 1.807) is 4.90 Å². The molecule has 0 unspecified atom stereocenters. The summed E-state index contributed by atoms with van der Waals surface area (Å²) >= 11 is 0. The van der Waals surface area contributed by atoms with E-state index in [0.29, 0.717) is 5.92 Å². The van der Waals surface area contributed by atoms with Gasteiger partial charge in [-0.15, -0.1) is 0 Å². The van der Waals surface area contributed by atoms with Gasteiger partial charge in [0.1, 0.15) is 0 Å². The standard InChI is InChI=1S/C7H14N2O/c1-8-4-6-3-7(10)9(2)5-6/h6,8H,3-5H2,1-2H3/t6-/m1/s1. The summed E-state index contributed by atoms with van der Waals surface area (Å²) in [5.74, 6) is 0.808. The van der Waals surface area contributed by atoms with E-state index in [9.17, 15) is 4.79 Å². The van der Waals surface area contributed by atoms with Gasteiger partial charge in [0.2, 0.25) is 5.91 Å². The van der Waals surface area contributed by atoms with Gasteiger partial charge in [0.25, 0.3) is 0 Å². The van der Waals surface area contributed by atoms with Gasteiger partial charge < -0.3 is 10.2 Å². The Hall–Kier alpha value is -0.570. The Morgan fingerprint density at radius 1 is 1.80 bits per heavy atom. The largest absolute Gasteiger partial charge is 0.345 e. The van der Waals surface area contributed by atoms with Crippen LogP contribution in [0.4, 0.5) is 0 Å².